The zero-order valence-electron chi connectivity index (χ0n) is 13.0. The van der Waals surface area contributed by atoms with Gasteiger partial charge in [0.15, 0.2) is 0 Å². The zero-order valence-corrected chi connectivity index (χ0v) is 13.8. The summed E-state index contributed by atoms with van der Waals surface area (Å²) in [6, 6.07) is 11.0. The second-order valence-corrected chi connectivity index (χ2v) is 6.22. The van der Waals surface area contributed by atoms with Crippen LogP contribution in [-0.4, -0.2) is 30.4 Å². The standard InChI is InChI=1S/C18H21ClN2O2/c19-15-8-3-2-7-14(15)18(22)20-13-16(17-9-6-12-23-17)21-10-4-1-5-11-21/h2-3,6-9,12,16H,1,4-5,10-11,13H2,(H,20,22)/t16-/m0/s1. The van der Waals surface area contributed by atoms with E-state index in [9.17, 15) is 4.79 Å². The molecule has 1 saturated heterocycles. The first-order valence-corrected chi connectivity index (χ1v) is 8.43. The highest BCUT2D eigenvalue weighted by Gasteiger charge is 2.25. The Kier molecular flexibility index (Phi) is 5.36. The van der Waals surface area contributed by atoms with E-state index in [4.69, 9.17) is 16.0 Å². The fourth-order valence-electron chi connectivity index (χ4n) is 3.05. The van der Waals surface area contributed by atoms with Crippen LogP contribution in [-0.2, 0) is 0 Å². The molecule has 1 aliphatic heterocycles. The van der Waals surface area contributed by atoms with Gasteiger partial charge in [0.2, 0.25) is 0 Å². The molecular weight excluding hydrogens is 312 g/mol. The molecule has 0 aliphatic carbocycles. The van der Waals surface area contributed by atoms with E-state index in [2.05, 4.69) is 10.2 Å². The SMILES string of the molecule is O=C(NC[C@@H](c1ccco1)N1CCCCC1)c1ccccc1Cl. The number of nitrogens with one attached hydrogen (secondary N) is 1. The van der Waals surface area contributed by atoms with Gasteiger partial charge in [0.05, 0.1) is 22.9 Å². The number of nitrogens with zero attached hydrogens (tertiary/aromatic N) is 1. The number of piperidine rings is 1. The lowest BCUT2D eigenvalue weighted by atomic mass is 10.1. The van der Waals surface area contributed by atoms with Crippen molar-refractivity contribution >= 4 is 17.5 Å². The summed E-state index contributed by atoms with van der Waals surface area (Å²) in [5, 5.41) is 3.47. The highest BCUT2D eigenvalue weighted by Crippen LogP contribution is 2.25. The lowest BCUT2D eigenvalue weighted by molar-refractivity contribution is 0.0914. The normalized spacial score (nSPS) is 16.9. The smallest absolute Gasteiger partial charge is 0.252 e. The molecule has 0 unspecified atom stereocenters. The molecule has 1 aliphatic rings. The van der Waals surface area contributed by atoms with Crippen LogP contribution < -0.4 is 5.32 Å². The number of halogens is 1. The van der Waals surface area contributed by atoms with E-state index in [0.717, 1.165) is 18.8 Å². The van der Waals surface area contributed by atoms with Crippen LogP contribution in [0.1, 0.15) is 41.4 Å². The maximum Gasteiger partial charge on any atom is 0.252 e. The van der Waals surface area contributed by atoms with E-state index in [1.807, 2.05) is 24.3 Å². The average Bonchev–Trinajstić information content (AvgIpc) is 3.10. The molecule has 0 bridgehead atoms. The van der Waals surface area contributed by atoms with Crippen molar-refractivity contribution in [3.63, 3.8) is 0 Å². The Morgan fingerprint density at radius 2 is 1.96 bits per heavy atom. The number of amides is 1. The molecule has 1 fully saturated rings. The van der Waals surface area contributed by atoms with Crippen LogP contribution in [0.5, 0.6) is 0 Å². The molecular formula is C18H21ClN2O2. The highest BCUT2D eigenvalue weighted by molar-refractivity contribution is 6.33. The fourth-order valence-corrected chi connectivity index (χ4v) is 3.27. The second-order valence-electron chi connectivity index (χ2n) is 5.82. The Morgan fingerprint density at radius 1 is 1.17 bits per heavy atom. The van der Waals surface area contributed by atoms with Crippen LogP contribution >= 0.6 is 11.6 Å². The number of furan rings is 1. The Labute approximate surface area is 141 Å². The lowest BCUT2D eigenvalue weighted by Crippen LogP contribution is -2.40. The minimum absolute atomic E-state index is 0.0664. The van der Waals surface area contributed by atoms with Crippen molar-refractivity contribution in [3.05, 3.63) is 59.0 Å². The molecule has 122 valence electrons. The predicted molar refractivity (Wildman–Crippen MR) is 90.7 cm³/mol. The summed E-state index contributed by atoms with van der Waals surface area (Å²) in [5.74, 6) is 0.746. The molecule has 1 atom stereocenters. The van der Waals surface area contributed by atoms with E-state index < -0.39 is 0 Å². The van der Waals surface area contributed by atoms with Crippen molar-refractivity contribution in [1.82, 2.24) is 10.2 Å². The molecule has 2 aromatic rings. The number of carbonyl (C=O) groups is 1. The summed E-state index contributed by atoms with van der Waals surface area (Å²) in [6.07, 6.45) is 5.33. The molecule has 1 aromatic heterocycles. The van der Waals surface area contributed by atoms with E-state index in [1.54, 1.807) is 18.4 Å². The molecule has 5 heteroatoms. The number of carbonyl (C=O) groups excluding carboxylic acids is 1. The topological polar surface area (TPSA) is 45.5 Å². The van der Waals surface area contributed by atoms with Crippen LogP contribution in [0.15, 0.2) is 47.1 Å². The number of hydrogen-bond acceptors (Lipinski definition) is 3. The van der Waals surface area contributed by atoms with E-state index in [1.165, 1.54) is 19.3 Å². The first-order valence-electron chi connectivity index (χ1n) is 8.06. The number of benzene rings is 1. The van der Waals surface area contributed by atoms with Crippen LogP contribution in [0.4, 0.5) is 0 Å². The largest absolute Gasteiger partial charge is 0.468 e. The summed E-state index contributed by atoms with van der Waals surface area (Å²) in [7, 11) is 0. The Balaban J connectivity index is 1.69. The van der Waals surface area contributed by atoms with Gasteiger partial charge < -0.3 is 9.73 Å². The van der Waals surface area contributed by atoms with Crippen molar-refractivity contribution < 1.29 is 9.21 Å². The second kappa shape index (κ2) is 7.66. The molecule has 2 heterocycles. The Morgan fingerprint density at radius 3 is 2.65 bits per heavy atom. The summed E-state index contributed by atoms with van der Waals surface area (Å²) in [4.78, 5) is 14.8. The summed E-state index contributed by atoms with van der Waals surface area (Å²) in [6.45, 7) is 2.58. The van der Waals surface area contributed by atoms with E-state index in [0.29, 0.717) is 17.1 Å². The van der Waals surface area contributed by atoms with Crippen molar-refractivity contribution in [2.45, 2.75) is 25.3 Å². The molecule has 1 amide bonds. The number of rotatable bonds is 5. The third-order valence-electron chi connectivity index (χ3n) is 4.28. The quantitative estimate of drug-likeness (QED) is 0.903. The molecule has 0 radical (unpaired) electrons. The molecule has 23 heavy (non-hydrogen) atoms. The monoisotopic (exact) mass is 332 g/mol. The van der Waals surface area contributed by atoms with E-state index in [-0.39, 0.29) is 11.9 Å². The Bertz CT molecular complexity index is 636. The van der Waals surface area contributed by atoms with Gasteiger partial charge in [-0.2, -0.15) is 0 Å². The van der Waals surface area contributed by atoms with Crippen LogP contribution in [0.3, 0.4) is 0 Å². The van der Waals surface area contributed by atoms with Gasteiger partial charge >= 0.3 is 0 Å². The third kappa shape index (κ3) is 3.95. The first kappa shape index (κ1) is 16.1. The van der Waals surface area contributed by atoms with Crippen molar-refractivity contribution in [2.75, 3.05) is 19.6 Å². The minimum atomic E-state index is -0.149. The van der Waals surface area contributed by atoms with Gasteiger partial charge in [0, 0.05) is 6.54 Å². The maximum absolute atomic E-state index is 12.4. The van der Waals surface area contributed by atoms with Gasteiger partial charge in [0.25, 0.3) is 5.91 Å². The van der Waals surface area contributed by atoms with Crippen LogP contribution in [0.25, 0.3) is 0 Å². The fraction of sp³-hybridized carbons (Fsp3) is 0.389. The molecule has 0 saturated carbocycles. The van der Waals surface area contributed by atoms with Gasteiger partial charge in [-0.25, -0.2) is 0 Å². The van der Waals surface area contributed by atoms with Crippen LogP contribution in [0, 0.1) is 0 Å². The Hall–Kier alpha value is -1.78. The lowest BCUT2D eigenvalue weighted by Gasteiger charge is -2.33. The average molecular weight is 333 g/mol. The maximum atomic E-state index is 12.4. The summed E-state index contributed by atoms with van der Waals surface area (Å²) >= 11 is 6.09. The highest BCUT2D eigenvalue weighted by atomic mass is 35.5. The van der Waals surface area contributed by atoms with Gasteiger partial charge in [-0.1, -0.05) is 30.2 Å². The van der Waals surface area contributed by atoms with Gasteiger partial charge in [-0.15, -0.1) is 0 Å². The van der Waals surface area contributed by atoms with Gasteiger partial charge in [-0.3, -0.25) is 9.69 Å². The number of likely N-dealkylation sites (tertiary alicyclic amines) is 1. The number of hydrogen-bond donors (Lipinski definition) is 1. The zero-order chi connectivity index (χ0) is 16.1. The first-order chi connectivity index (χ1) is 11.3. The van der Waals surface area contributed by atoms with E-state index >= 15 is 0 Å². The van der Waals surface area contributed by atoms with Crippen molar-refractivity contribution in [3.8, 4) is 0 Å². The molecule has 1 N–H and O–H groups in total. The van der Waals surface area contributed by atoms with Gasteiger partial charge in [-0.05, 0) is 50.2 Å². The van der Waals surface area contributed by atoms with Crippen LogP contribution in [0.2, 0.25) is 5.02 Å². The molecule has 4 nitrogen and oxygen atoms in total. The van der Waals surface area contributed by atoms with Crippen molar-refractivity contribution in [1.29, 1.82) is 0 Å². The third-order valence-corrected chi connectivity index (χ3v) is 4.61. The molecule has 1 aromatic carbocycles. The summed E-state index contributed by atoms with van der Waals surface area (Å²) < 4.78 is 5.59. The summed E-state index contributed by atoms with van der Waals surface area (Å²) in [5.41, 5.74) is 0.506. The molecule has 3 rings (SSSR count). The minimum Gasteiger partial charge on any atom is -0.468 e. The van der Waals surface area contributed by atoms with Crippen molar-refractivity contribution in [2.24, 2.45) is 0 Å². The van der Waals surface area contributed by atoms with Gasteiger partial charge in [0.1, 0.15) is 5.76 Å². The molecule has 0 spiro atoms. The predicted octanol–water partition coefficient (Wildman–Crippen LogP) is 3.89.